The lowest BCUT2D eigenvalue weighted by Crippen LogP contribution is -2.51. The largest absolute Gasteiger partial charge is 0.483 e. The van der Waals surface area contributed by atoms with Gasteiger partial charge in [0.15, 0.2) is 6.61 Å². The third-order valence-corrected chi connectivity index (χ3v) is 7.31. The van der Waals surface area contributed by atoms with Crippen LogP contribution in [0.2, 0.25) is 0 Å². The molecular weight excluding hydrogens is 584 g/mol. The number of halogens is 2. The van der Waals surface area contributed by atoms with Gasteiger partial charge in [-0.2, -0.15) is 0 Å². The highest BCUT2D eigenvalue weighted by Crippen LogP contribution is 2.33. The van der Waals surface area contributed by atoms with E-state index in [4.69, 9.17) is 4.74 Å². The van der Waals surface area contributed by atoms with Crippen LogP contribution < -0.4 is 10.1 Å². The first-order chi connectivity index (χ1) is 17.5. The lowest BCUT2D eigenvalue weighted by atomic mass is 10.0. The van der Waals surface area contributed by atoms with Gasteiger partial charge in [0, 0.05) is 24.5 Å². The zero-order valence-electron chi connectivity index (χ0n) is 19.8. The van der Waals surface area contributed by atoms with E-state index in [9.17, 15) is 9.59 Å². The Hall–Kier alpha value is -3.16. The highest BCUT2D eigenvalue weighted by Gasteiger charge is 2.30. The fourth-order valence-corrected chi connectivity index (χ4v) is 4.93. The number of amides is 2. The molecule has 0 aliphatic heterocycles. The van der Waals surface area contributed by atoms with Gasteiger partial charge < -0.3 is 15.0 Å². The summed E-state index contributed by atoms with van der Waals surface area (Å²) in [6.07, 6.45) is 0.391. The fraction of sp³-hybridized carbons (Fsp3) is 0.172. The van der Waals surface area contributed by atoms with Gasteiger partial charge in [0.2, 0.25) is 5.91 Å². The summed E-state index contributed by atoms with van der Waals surface area (Å²) in [5, 5.41) is 4.80. The molecule has 4 rings (SSSR count). The van der Waals surface area contributed by atoms with Gasteiger partial charge >= 0.3 is 0 Å². The van der Waals surface area contributed by atoms with E-state index in [0.29, 0.717) is 12.2 Å². The highest BCUT2D eigenvalue weighted by atomic mass is 79.9. The monoisotopic (exact) mass is 608 g/mol. The maximum Gasteiger partial charge on any atom is 0.261 e. The van der Waals surface area contributed by atoms with Gasteiger partial charge in [0.25, 0.3) is 5.91 Å². The first-order valence-corrected chi connectivity index (χ1v) is 13.1. The van der Waals surface area contributed by atoms with Crippen molar-refractivity contribution in [3.63, 3.8) is 0 Å². The molecule has 36 heavy (non-hydrogen) atoms. The molecule has 0 bridgehead atoms. The molecule has 0 radical (unpaired) electrons. The van der Waals surface area contributed by atoms with Crippen molar-refractivity contribution in [1.82, 2.24) is 10.2 Å². The average Bonchev–Trinajstić information content (AvgIpc) is 2.91. The van der Waals surface area contributed by atoms with Crippen LogP contribution in [0.4, 0.5) is 0 Å². The van der Waals surface area contributed by atoms with Crippen molar-refractivity contribution in [3.8, 4) is 5.75 Å². The standard InChI is InChI=1S/C29H26Br2N2O3/c1-32-29(35)25(17-20-7-3-2-4-8-20)33(18-21-11-14-23(30)15-12-21)27(34)19-36-26-16-13-22-9-5-6-10-24(22)28(26)31/h2-16,25H,17-19H2,1H3,(H,32,35)/t25-/m1/s1. The minimum absolute atomic E-state index is 0.199. The topological polar surface area (TPSA) is 58.6 Å². The number of carbonyl (C=O) groups is 2. The number of carbonyl (C=O) groups excluding carboxylic acids is 2. The Morgan fingerprint density at radius 3 is 2.28 bits per heavy atom. The molecule has 7 heteroatoms. The van der Waals surface area contributed by atoms with E-state index in [0.717, 1.165) is 30.8 Å². The number of hydrogen-bond acceptors (Lipinski definition) is 3. The van der Waals surface area contributed by atoms with Crippen molar-refractivity contribution >= 4 is 54.4 Å². The summed E-state index contributed by atoms with van der Waals surface area (Å²) < 4.78 is 7.72. The van der Waals surface area contributed by atoms with Crippen LogP contribution in [0.5, 0.6) is 5.75 Å². The van der Waals surface area contributed by atoms with Crippen molar-refractivity contribution in [2.75, 3.05) is 13.7 Å². The molecule has 4 aromatic carbocycles. The fourth-order valence-electron chi connectivity index (χ4n) is 4.05. The highest BCUT2D eigenvalue weighted by molar-refractivity contribution is 9.11. The van der Waals surface area contributed by atoms with E-state index in [1.54, 1.807) is 11.9 Å². The Morgan fingerprint density at radius 1 is 0.861 bits per heavy atom. The first kappa shape index (κ1) is 25.9. The molecule has 0 unspecified atom stereocenters. The number of hydrogen-bond donors (Lipinski definition) is 1. The molecule has 1 atom stereocenters. The molecule has 5 nitrogen and oxygen atoms in total. The van der Waals surface area contributed by atoms with E-state index >= 15 is 0 Å². The maximum atomic E-state index is 13.6. The van der Waals surface area contributed by atoms with Crippen LogP contribution in [0.25, 0.3) is 10.8 Å². The maximum absolute atomic E-state index is 13.6. The second kappa shape index (κ2) is 12.2. The van der Waals surface area contributed by atoms with E-state index in [2.05, 4.69) is 37.2 Å². The molecule has 1 N–H and O–H groups in total. The summed E-state index contributed by atoms with van der Waals surface area (Å²) in [5.41, 5.74) is 1.89. The summed E-state index contributed by atoms with van der Waals surface area (Å²) in [6.45, 7) is 0.0784. The van der Waals surface area contributed by atoms with E-state index in [1.807, 2.05) is 91.0 Å². The predicted molar refractivity (Wildman–Crippen MR) is 150 cm³/mol. The summed E-state index contributed by atoms with van der Waals surface area (Å²) in [4.78, 5) is 28.2. The third-order valence-electron chi connectivity index (χ3n) is 5.96. The van der Waals surface area contributed by atoms with Gasteiger partial charge in [-0.3, -0.25) is 9.59 Å². The van der Waals surface area contributed by atoms with E-state index in [1.165, 1.54) is 0 Å². The van der Waals surface area contributed by atoms with E-state index in [-0.39, 0.29) is 25.0 Å². The Balaban J connectivity index is 1.61. The van der Waals surface area contributed by atoms with Crippen LogP contribution in [-0.2, 0) is 22.6 Å². The second-order valence-electron chi connectivity index (χ2n) is 8.36. The van der Waals surface area contributed by atoms with Gasteiger partial charge in [-0.1, -0.05) is 88.7 Å². The summed E-state index contributed by atoms with van der Waals surface area (Å²) in [5.74, 6) is 0.0731. The number of ether oxygens (including phenoxy) is 1. The Morgan fingerprint density at radius 2 is 1.56 bits per heavy atom. The number of benzene rings is 4. The number of nitrogens with zero attached hydrogens (tertiary/aromatic N) is 1. The SMILES string of the molecule is CNC(=O)[C@@H](Cc1ccccc1)N(Cc1ccc(Br)cc1)C(=O)COc1ccc2ccccc2c1Br. The molecule has 184 valence electrons. The summed E-state index contributed by atoms with van der Waals surface area (Å²) in [7, 11) is 1.59. The second-order valence-corrected chi connectivity index (χ2v) is 10.1. The lowest BCUT2D eigenvalue weighted by Gasteiger charge is -2.31. The van der Waals surface area contributed by atoms with Gasteiger partial charge in [-0.05, 0) is 56.0 Å². The minimum atomic E-state index is -0.697. The zero-order valence-corrected chi connectivity index (χ0v) is 23.0. The summed E-state index contributed by atoms with van der Waals surface area (Å²) >= 11 is 7.07. The van der Waals surface area contributed by atoms with Crippen LogP contribution in [0.1, 0.15) is 11.1 Å². The molecule has 0 aliphatic carbocycles. The normalized spacial score (nSPS) is 11.6. The average molecular weight is 610 g/mol. The molecule has 0 saturated heterocycles. The zero-order chi connectivity index (χ0) is 25.5. The van der Waals surface area contributed by atoms with Crippen molar-refractivity contribution in [2.45, 2.75) is 19.0 Å². The first-order valence-electron chi connectivity index (χ1n) is 11.6. The smallest absolute Gasteiger partial charge is 0.261 e. The third kappa shape index (κ3) is 6.33. The molecule has 2 amide bonds. The van der Waals surface area contributed by atoms with Crippen molar-refractivity contribution in [3.05, 3.63) is 111 Å². The Kier molecular flexibility index (Phi) is 8.78. The summed E-state index contributed by atoms with van der Waals surface area (Å²) in [6, 6.07) is 28.5. The molecule has 0 aliphatic rings. The molecule has 0 saturated carbocycles. The van der Waals surface area contributed by atoms with Gasteiger partial charge in [0.1, 0.15) is 11.8 Å². The Bertz CT molecular complexity index is 1340. The van der Waals surface area contributed by atoms with Crippen LogP contribution in [-0.4, -0.2) is 36.4 Å². The van der Waals surface area contributed by atoms with Crippen LogP contribution in [0.3, 0.4) is 0 Å². The van der Waals surface area contributed by atoms with Crippen molar-refractivity contribution in [2.24, 2.45) is 0 Å². The molecule has 0 fully saturated rings. The number of likely N-dealkylation sites (N-methyl/N-ethyl adjacent to an activating group) is 1. The van der Waals surface area contributed by atoms with Gasteiger partial charge in [0.05, 0.1) is 4.47 Å². The van der Waals surface area contributed by atoms with Gasteiger partial charge in [-0.25, -0.2) is 0 Å². The van der Waals surface area contributed by atoms with E-state index < -0.39 is 6.04 Å². The van der Waals surface area contributed by atoms with Gasteiger partial charge in [-0.15, -0.1) is 0 Å². The molecular formula is C29H26Br2N2O3. The molecule has 0 aromatic heterocycles. The molecule has 4 aromatic rings. The van der Waals surface area contributed by atoms with Crippen molar-refractivity contribution in [1.29, 1.82) is 0 Å². The quantitative estimate of drug-likeness (QED) is 0.248. The number of fused-ring (bicyclic) bond motifs is 1. The lowest BCUT2D eigenvalue weighted by molar-refractivity contribution is -0.142. The molecule has 0 heterocycles. The number of nitrogens with one attached hydrogen (secondary N) is 1. The van der Waals surface area contributed by atoms with Crippen LogP contribution in [0, 0.1) is 0 Å². The van der Waals surface area contributed by atoms with Crippen LogP contribution >= 0.6 is 31.9 Å². The number of rotatable bonds is 9. The minimum Gasteiger partial charge on any atom is -0.483 e. The van der Waals surface area contributed by atoms with Crippen molar-refractivity contribution < 1.29 is 14.3 Å². The Labute approximate surface area is 227 Å². The van der Waals surface area contributed by atoms with Crippen LogP contribution in [0.15, 0.2) is 99.9 Å². The predicted octanol–water partition coefficient (Wildman–Crippen LogP) is 6.13. The molecule has 0 spiro atoms.